The standard InChI is InChI=1S/C7H3Cl3F3N/c8-6(9,10)5-3-4(1-2-14-5)7(11,12)13/h1-3H. The summed E-state index contributed by atoms with van der Waals surface area (Å²) in [5.74, 6) is 0. The molecular weight excluding hydrogens is 261 g/mol. The van der Waals surface area contributed by atoms with Gasteiger partial charge in [0.15, 0.2) is 0 Å². The molecule has 1 rings (SSSR count). The van der Waals surface area contributed by atoms with Gasteiger partial charge in [-0.15, -0.1) is 0 Å². The Bertz CT molecular complexity index is 302. The van der Waals surface area contributed by atoms with Gasteiger partial charge in [0.2, 0.25) is 3.79 Å². The van der Waals surface area contributed by atoms with E-state index in [-0.39, 0.29) is 5.69 Å². The van der Waals surface area contributed by atoms with E-state index in [1.807, 2.05) is 0 Å². The van der Waals surface area contributed by atoms with Crippen molar-refractivity contribution in [2.45, 2.75) is 9.97 Å². The Morgan fingerprint density at radius 3 is 2.14 bits per heavy atom. The number of hydrogen-bond donors (Lipinski definition) is 0. The Morgan fingerprint density at radius 1 is 1.14 bits per heavy atom. The van der Waals surface area contributed by atoms with Crippen LogP contribution in [0.1, 0.15) is 11.3 Å². The highest BCUT2D eigenvalue weighted by atomic mass is 35.6. The number of rotatable bonds is 0. The molecule has 0 unspecified atom stereocenters. The van der Waals surface area contributed by atoms with Crippen LogP contribution in [0, 0.1) is 0 Å². The Labute approximate surface area is 92.8 Å². The van der Waals surface area contributed by atoms with E-state index in [0.717, 1.165) is 12.3 Å². The van der Waals surface area contributed by atoms with E-state index in [4.69, 9.17) is 34.8 Å². The van der Waals surface area contributed by atoms with Gasteiger partial charge < -0.3 is 0 Å². The van der Waals surface area contributed by atoms with Crippen LogP contribution in [0.5, 0.6) is 0 Å². The molecule has 0 aliphatic heterocycles. The van der Waals surface area contributed by atoms with Crippen molar-refractivity contribution >= 4 is 34.8 Å². The Morgan fingerprint density at radius 2 is 1.71 bits per heavy atom. The first-order chi connectivity index (χ1) is 6.21. The molecule has 0 aliphatic rings. The zero-order chi connectivity index (χ0) is 11.0. The fourth-order valence-electron chi connectivity index (χ4n) is 0.762. The highest BCUT2D eigenvalue weighted by Crippen LogP contribution is 2.39. The van der Waals surface area contributed by atoms with Gasteiger partial charge in [-0.2, -0.15) is 13.2 Å². The van der Waals surface area contributed by atoms with E-state index in [1.54, 1.807) is 0 Å². The molecule has 7 heteroatoms. The molecule has 0 saturated heterocycles. The van der Waals surface area contributed by atoms with E-state index in [9.17, 15) is 13.2 Å². The third kappa shape index (κ3) is 2.90. The summed E-state index contributed by atoms with van der Waals surface area (Å²) in [5, 5.41) is 0. The predicted molar refractivity (Wildman–Crippen MR) is 48.5 cm³/mol. The molecule has 1 heterocycles. The molecule has 0 amide bonds. The minimum atomic E-state index is -4.46. The molecule has 78 valence electrons. The number of halogens is 6. The van der Waals surface area contributed by atoms with Crippen molar-refractivity contribution in [3.63, 3.8) is 0 Å². The molecular formula is C7H3Cl3F3N. The lowest BCUT2D eigenvalue weighted by Crippen LogP contribution is -2.09. The van der Waals surface area contributed by atoms with Crippen LogP contribution in [-0.4, -0.2) is 4.98 Å². The smallest absolute Gasteiger partial charge is 0.257 e. The summed E-state index contributed by atoms with van der Waals surface area (Å²) in [4.78, 5) is 3.53. The topological polar surface area (TPSA) is 12.9 Å². The average molecular weight is 264 g/mol. The van der Waals surface area contributed by atoms with E-state index in [1.165, 1.54) is 0 Å². The number of alkyl halides is 6. The predicted octanol–water partition coefficient (Wildman–Crippen LogP) is 3.93. The fourth-order valence-corrected chi connectivity index (χ4v) is 1.07. The van der Waals surface area contributed by atoms with Crippen molar-refractivity contribution in [1.29, 1.82) is 0 Å². The van der Waals surface area contributed by atoms with Gasteiger partial charge >= 0.3 is 6.18 Å². The quantitative estimate of drug-likeness (QED) is 0.647. The molecule has 0 aliphatic carbocycles. The van der Waals surface area contributed by atoms with Gasteiger partial charge in [-0.3, -0.25) is 4.98 Å². The minimum absolute atomic E-state index is 0.252. The summed E-state index contributed by atoms with van der Waals surface area (Å²) >= 11 is 16.1. The number of hydrogen-bond acceptors (Lipinski definition) is 1. The maximum absolute atomic E-state index is 12.2. The molecule has 0 fully saturated rings. The van der Waals surface area contributed by atoms with Crippen LogP contribution in [-0.2, 0) is 9.97 Å². The third-order valence-corrected chi connectivity index (χ3v) is 1.96. The minimum Gasteiger partial charge on any atom is -0.257 e. The molecule has 14 heavy (non-hydrogen) atoms. The normalized spacial score (nSPS) is 13.0. The number of nitrogens with zero attached hydrogens (tertiary/aromatic N) is 1. The molecule has 0 spiro atoms. The van der Waals surface area contributed by atoms with Crippen LogP contribution in [0.25, 0.3) is 0 Å². The molecule has 0 aromatic carbocycles. The first-order valence-electron chi connectivity index (χ1n) is 3.32. The van der Waals surface area contributed by atoms with E-state index in [2.05, 4.69) is 4.98 Å². The zero-order valence-electron chi connectivity index (χ0n) is 6.45. The van der Waals surface area contributed by atoms with E-state index >= 15 is 0 Å². The summed E-state index contributed by atoms with van der Waals surface area (Å²) in [6, 6.07) is 1.51. The van der Waals surface area contributed by atoms with Crippen molar-refractivity contribution in [3.05, 3.63) is 29.6 Å². The van der Waals surface area contributed by atoms with Crippen LogP contribution < -0.4 is 0 Å². The third-order valence-electron chi connectivity index (χ3n) is 1.38. The van der Waals surface area contributed by atoms with Crippen LogP contribution in [0.15, 0.2) is 18.3 Å². The van der Waals surface area contributed by atoms with E-state index in [0.29, 0.717) is 6.07 Å². The van der Waals surface area contributed by atoms with Gasteiger partial charge in [0.05, 0.1) is 11.3 Å². The summed E-state index contributed by atoms with van der Waals surface area (Å²) in [6.45, 7) is 0. The van der Waals surface area contributed by atoms with Crippen LogP contribution in [0.4, 0.5) is 13.2 Å². The average Bonchev–Trinajstić information content (AvgIpc) is 2.01. The molecule has 1 aromatic heterocycles. The zero-order valence-corrected chi connectivity index (χ0v) is 8.71. The van der Waals surface area contributed by atoms with Crippen molar-refractivity contribution < 1.29 is 13.2 Å². The van der Waals surface area contributed by atoms with Crippen molar-refractivity contribution in [2.24, 2.45) is 0 Å². The van der Waals surface area contributed by atoms with Gasteiger partial charge in [-0.25, -0.2) is 0 Å². The maximum atomic E-state index is 12.2. The Kier molecular flexibility index (Phi) is 3.19. The van der Waals surface area contributed by atoms with Crippen LogP contribution in [0.2, 0.25) is 0 Å². The molecule has 1 nitrogen and oxygen atoms in total. The SMILES string of the molecule is FC(F)(F)c1ccnc(C(Cl)(Cl)Cl)c1. The summed E-state index contributed by atoms with van der Waals surface area (Å²) in [7, 11) is 0. The second kappa shape index (κ2) is 3.76. The Hall–Kier alpha value is -0.190. The highest BCUT2D eigenvalue weighted by molar-refractivity contribution is 6.66. The monoisotopic (exact) mass is 263 g/mol. The summed E-state index contributed by atoms with van der Waals surface area (Å²) in [6.07, 6.45) is -3.52. The van der Waals surface area contributed by atoms with E-state index < -0.39 is 15.5 Å². The summed E-state index contributed by atoms with van der Waals surface area (Å²) < 4.78 is 34.7. The second-order valence-electron chi connectivity index (χ2n) is 2.43. The lowest BCUT2D eigenvalue weighted by molar-refractivity contribution is -0.137. The maximum Gasteiger partial charge on any atom is 0.416 e. The van der Waals surface area contributed by atoms with Gasteiger partial charge in [-0.1, -0.05) is 34.8 Å². The fraction of sp³-hybridized carbons (Fsp3) is 0.286. The number of pyridine rings is 1. The van der Waals surface area contributed by atoms with Crippen molar-refractivity contribution in [3.8, 4) is 0 Å². The molecule has 1 aromatic rings. The summed E-state index contributed by atoms with van der Waals surface area (Å²) in [5.41, 5.74) is -1.15. The van der Waals surface area contributed by atoms with Gasteiger partial charge in [0.1, 0.15) is 0 Å². The number of aromatic nitrogens is 1. The molecule has 0 radical (unpaired) electrons. The van der Waals surface area contributed by atoms with Gasteiger partial charge in [0.25, 0.3) is 0 Å². The van der Waals surface area contributed by atoms with Crippen molar-refractivity contribution in [1.82, 2.24) is 4.98 Å². The lowest BCUT2D eigenvalue weighted by Gasteiger charge is -2.12. The Balaban J connectivity index is 3.15. The van der Waals surface area contributed by atoms with Crippen LogP contribution >= 0.6 is 34.8 Å². The molecule has 0 N–H and O–H groups in total. The van der Waals surface area contributed by atoms with Crippen molar-refractivity contribution in [2.75, 3.05) is 0 Å². The van der Waals surface area contributed by atoms with Gasteiger partial charge in [0, 0.05) is 6.20 Å². The lowest BCUT2D eigenvalue weighted by atomic mass is 10.2. The molecule has 0 atom stereocenters. The first kappa shape index (κ1) is 11.9. The molecule has 0 bridgehead atoms. The molecule has 0 saturated carbocycles. The van der Waals surface area contributed by atoms with Gasteiger partial charge in [-0.05, 0) is 12.1 Å². The first-order valence-corrected chi connectivity index (χ1v) is 4.45. The largest absolute Gasteiger partial charge is 0.416 e. The highest BCUT2D eigenvalue weighted by Gasteiger charge is 2.33. The second-order valence-corrected chi connectivity index (χ2v) is 4.71. The van der Waals surface area contributed by atoms with Crippen LogP contribution in [0.3, 0.4) is 0 Å².